The van der Waals surface area contributed by atoms with Crippen LogP contribution in [-0.4, -0.2) is 8.42 Å². The molecule has 2 N–H and O–H groups in total. The highest BCUT2D eigenvalue weighted by atomic mass is 35.5. The highest BCUT2D eigenvalue weighted by Gasteiger charge is 2.21. The molecule has 0 saturated carbocycles. The van der Waals surface area contributed by atoms with E-state index in [0.29, 0.717) is 22.6 Å². The lowest BCUT2D eigenvalue weighted by molar-refractivity contribution is 0.498. The first-order valence-corrected chi connectivity index (χ1v) is 15.2. The molecule has 190 valence electrons. The fourth-order valence-electron chi connectivity index (χ4n) is 3.38. The fraction of sp³-hybridized carbons (Fsp3) is 0.0370. The third-order valence-corrected chi connectivity index (χ3v) is 9.42. The lowest BCUT2D eigenvalue weighted by atomic mass is 10.2. The van der Waals surface area contributed by atoms with Gasteiger partial charge in [-0.3, -0.25) is 4.57 Å². The summed E-state index contributed by atoms with van der Waals surface area (Å²) in [6.45, 7) is -0.00365. The minimum absolute atomic E-state index is 0.00365. The molecule has 0 aliphatic rings. The van der Waals surface area contributed by atoms with Crippen molar-refractivity contribution in [2.75, 3.05) is 5.09 Å². The molecule has 0 amide bonds. The van der Waals surface area contributed by atoms with E-state index in [1.54, 1.807) is 48.5 Å². The summed E-state index contributed by atoms with van der Waals surface area (Å²) in [7, 11) is -7.45. The van der Waals surface area contributed by atoms with Crippen molar-refractivity contribution < 1.29 is 17.4 Å². The summed E-state index contributed by atoms with van der Waals surface area (Å²) >= 11 is 13.1. The standard InChI is InChI=1S/C27H23Cl2N2O4PS/c28-26(21-9-3-1-4-10-21)19-36(32,20-27(29)22-11-5-2-6-12-22)31-23-13-7-15-25(17-23)37(33,34)30-18-24-14-8-16-35-24/h1-17,19-20,30H,18H2,(H,31,32)/b26-19-,27-20+. The van der Waals surface area contributed by atoms with Crippen LogP contribution in [0.3, 0.4) is 0 Å². The largest absolute Gasteiger partial charge is 0.468 e. The van der Waals surface area contributed by atoms with Gasteiger partial charge in [0.15, 0.2) is 0 Å². The summed E-state index contributed by atoms with van der Waals surface area (Å²) in [4.78, 5) is -0.00752. The molecule has 10 heteroatoms. The monoisotopic (exact) mass is 572 g/mol. The molecular weight excluding hydrogens is 550 g/mol. The molecule has 0 aliphatic carbocycles. The quantitative estimate of drug-likeness (QED) is 0.188. The van der Waals surface area contributed by atoms with E-state index in [1.165, 1.54) is 30.0 Å². The molecule has 37 heavy (non-hydrogen) atoms. The van der Waals surface area contributed by atoms with Gasteiger partial charge in [0, 0.05) is 17.3 Å². The third-order valence-electron chi connectivity index (χ3n) is 5.17. The molecule has 4 aromatic rings. The summed E-state index contributed by atoms with van der Waals surface area (Å²) in [5.74, 6) is 3.29. The lowest BCUT2D eigenvalue weighted by Crippen LogP contribution is -2.23. The number of benzene rings is 3. The smallest absolute Gasteiger partial charge is 0.241 e. The Balaban J connectivity index is 1.67. The number of halogens is 2. The molecule has 0 bridgehead atoms. The molecule has 4 rings (SSSR count). The van der Waals surface area contributed by atoms with Gasteiger partial charge in [-0.15, -0.1) is 0 Å². The zero-order valence-electron chi connectivity index (χ0n) is 19.4. The molecule has 1 atom stereocenters. The van der Waals surface area contributed by atoms with Crippen LogP contribution in [-0.2, 0) is 21.1 Å². The first-order valence-electron chi connectivity index (χ1n) is 11.1. The first-order chi connectivity index (χ1) is 17.7. The Hall–Kier alpha value is -3.06. The lowest BCUT2D eigenvalue weighted by Gasteiger charge is -2.17. The predicted molar refractivity (Wildman–Crippen MR) is 151 cm³/mol. The SMILES string of the molecule is O=P(/C=C(\Cl)c1ccccc1)(/C=C(/Cl)c1ccccc1)Nc1cccc(S(=O)(=O)NCc2ccco2)c1. The molecular formula is C27H23Cl2N2O4PS. The van der Waals surface area contributed by atoms with Crippen LogP contribution < -0.4 is 9.81 Å². The van der Waals surface area contributed by atoms with Crippen LogP contribution in [0.2, 0.25) is 0 Å². The van der Waals surface area contributed by atoms with Crippen LogP contribution >= 0.6 is 30.5 Å². The maximum Gasteiger partial charge on any atom is 0.241 e. The van der Waals surface area contributed by atoms with Crippen molar-refractivity contribution in [3.05, 3.63) is 132 Å². The second-order valence-corrected chi connectivity index (χ2v) is 12.7. The zero-order chi connectivity index (χ0) is 26.3. The van der Waals surface area contributed by atoms with Gasteiger partial charge < -0.3 is 9.50 Å². The normalized spacial score (nSPS) is 14.2. The van der Waals surface area contributed by atoms with Gasteiger partial charge in [0.05, 0.1) is 27.8 Å². The number of anilines is 1. The van der Waals surface area contributed by atoms with Crippen LogP contribution in [0.4, 0.5) is 5.69 Å². The molecule has 6 nitrogen and oxygen atoms in total. The van der Waals surface area contributed by atoms with Gasteiger partial charge in [0.2, 0.25) is 17.3 Å². The van der Waals surface area contributed by atoms with E-state index in [9.17, 15) is 13.0 Å². The Morgan fingerprint density at radius 2 is 1.41 bits per heavy atom. The maximum absolute atomic E-state index is 14.2. The number of nitrogens with one attached hydrogen (secondary N) is 2. The number of rotatable bonds is 10. The van der Waals surface area contributed by atoms with E-state index in [-0.39, 0.29) is 21.5 Å². The second kappa shape index (κ2) is 12.0. The fourth-order valence-corrected chi connectivity index (χ4v) is 7.26. The van der Waals surface area contributed by atoms with Crippen molar-refractivity contribution >= 4 is 56.3 Å². The van der Waals surface area contributed by atoms with Crippen LogP contribution in [0.15, 0.2) is 124 Å². The summed E-state index contributed by atoms with van der Waals surface area (Å²) in [5.41, 5.74) is 1.66. The molecule has 0 spiro atoms. The molecule has 1 aromatic heterocycles. The van der Waals surface area contributed by atoms with Crippen molar-refractivity contribution in [2.45, 2.75) is 11.4 Å². The average molecular weight is 573 g/mol. The molecule has 1 unspecified atom stereocenters. The Kier molecular flexibility index (Phi) is 8.75. The van der Waals surface area contributed by atoms with E-state index in [0.717, 1.165) is 0 Å². The van der Waals surface area contributed by atoms with Crippen molar-refractivity contribution in [1.29, 1.82) is 0 Å². The molecule has 1 heterocycles. The molecule has 0 radical (unpaired) electrons. The Labute approximate surface area is 226 Å². The van der Waals surface area contributed by atoms with Crippen LogP contribution in [0.1, 0.15) is 16.9 Å². The minimum atomic E-state index is -3.87. The Bertz CT molecular complexity index is 1500. The molecule has 3 aromatic carbocycles. The van der Waals surface area contributed by atoms with E-state index in [1.807, 2.05) is 36.4 Å². The number of furan rings is 1. The van der Waals surface area contributed by atoms with Crippen molar-refractivity contribution in [1.82, 2.24) is 4.72 Å². The van der Waals surface area contributed by atoms with Crippen molar-refractivity contribution in [3.63, 3.8) is 0 Å². The summed E-state index contributed by atoms with van der Waals surface area (Å²) in [6, 6.07) is 27.5. The third kappa shape index (κ3) is 7.48. The van der Waals surface area contributed by atoms with E-state index < -0.39 is 17.3 Å². The minimum Gasteiger partial charge on any atom is -0.468 e. The van der Waals surface area contributed by atoms with Gasteiger partial charge in [0.1, 0.15) is 5.76 Å². The number of hydrogen-bond acceptors (Lipinski definition) is 4. The van der Waals surface area contributed by atoms with E-state index >= 15 is 0 Å². The summed E-state index contributed by atoms with van der Waals surface area (Å²) < 4.78 is 47.6. The first kappa shape index (κ1) is 27.0. The van der Waals surface area contributed by atoms with Gasteiger partial charge in [-0.05, 0) is 41.5 Å². The topological polar surface area (TPSA) is 88.4 Å². The van der Waals surface area contributed by atoms with Gasteiger partial charge in [-0.25, -0.2) is 13.1 Å². The van der Waals surface area contributed by atoms with Gasteiger partial charge >= 0.3 is 0 Å². The molecule has 0 saturated heterocycles. The Morgan fingerprint density at radius 1 is 0.811 bits per heavy atom. The Morgan fingerprint density at radius 3 is 1.95 bits per heavy atom. The van der Waals surface area contributed by atoms with Crippen LogP contribution in [0.25, 0.3) is 10.1 Å². The van der Waals surface area contributed by atoms with Crippen molar-refractivity contribution in [3.8, 4) is 0 Å². The second-order valence-electron chi connectivity index (χ2n) is 7.94. The summed E-state index contributed by atoms with van der Waals surface area (Å²) in [6.07, 6.45) is 1.47. The highest BCUT2D eigenvalue weighted by Crippen LogP contribution is 2.53. The number of hydrogen-bond donors (Lipinski definition) is 2. The van der Waals surface area contributed by atoms with Crippen molar-refractivity contribution in [2.24, 2.45) is 0 Å². The van der Waals surface area contributed by atoms with Crippen LogP contribution in [0, 0.1) is 0 Å². The van der Waals surface area contributed by atoms with Gasteiger partial charge in [-0.2, -0.15) is 0 Å². The van der Waals surface area contributed by atoms with Gasteiger partial charge in [0.25, 0.3) is 0 Å². The maximum atomic E-state index is 14.2. The zero-order valence-corrected chi connectivity index (χ0v) is 22.6. The number of sulfonamides is 1. The van der Waals surface area contributed by atoms with E-state index in [4.69, 9.17) is 27.6 Å². The highest BCUT2D eigenvalue weighted by molar-refractivity contribution is 7.89. The summed E-state index contributed by atoms with van der Waals surface area (Å²) in [5, 5.41) is 3.48. The molecule has 0 fully saturated rings. The van der Waals surface area contributed by atoms with Gasteiger partial charge in [-0.1, -0.05) is 89.9 Å². The molecule has 0 aliphatic heterocycles. The predicted octanol–water partition coefficient (Wildman–Crippen LogP) is 7.92. The van der Waals surface area contributed by atoms with Crippen LogP contribution in [0.5, 0.6) is 0 Å². The average Bonchev–Trinajstić information content (AvgIpc) is 3.42. The van der Waals surface area contributed by atoms with E-state index in [2.05, 4.69) is 9.81 Å².